The van der Waals surface area contributed by atoms with E-state index in [0.29, 0.717) is 0 Å². The van der Waals surface area contributed by atoms with Crippen LogP contribution in [0.3, 0.4) is 0 Å². The highest BCUT2D eigenvalue weighted by Crippen LogP contribution is 2.32. The molecule has 0 aliphatic heterocycles. The molecular weight excluding hydrogens is 669 g/mol. The second-order valence-corrected chi connectivity index (χ2v) is 14.2. The first kappa shape index (κ1) is 34.0. The third-order valence-corrected chi connectivity index (χ3v) is 10.3. The highest BCUT2D eigenvalue weighted by Gasteiger charge is 2.14. The van der Waals surface area contributed by atoms with Crippen LogP contribution in [0.4, 0.5) is 0 Å². The molecule has 0 spiro atoms. The SMILES string of the molecule is CCC.c1ccc2c(c1)c1ncccc1n2-c1ccc(Cc2ccc(-c3ccc(Cc4ccc(-n5c6ccccc6c6ncccc65)cc4)cc3)cc2)cc1. The lowest BCUT2D eigenvalue weighted by Crippen LogP contribution is -1.95. The van der Waals surface area contributed by atoms with E-state index in [0.717, 1.165) is 46.3 Å². The van der Waals surface area contributed by atoms with Crippen LogP contribution in [0, 0.1) is 0 Å². The molecule has 0 fully saturated rings. The lowest BCUT2D eigenvalue weighted by atomic mass is 9.98. The van der Waals surface area contributed by atoms with Gasteiger partial charge in [0.15, 0.2) is 0 Å². The zero-order chi connectivity index (χ0) is 37.1. The average Bonchev–Trinajstić information content (AvgIpc) is 3.76. The van der Waals surface area contributed by atoms with Gasteiger partial charge < -0.3 is 9.13 Å². The van der Waals surface area contributed by atoms with Crippen molar-refractivity contribution in [2.75, 3.05) is 0 Å². The highest BCUT2D eigenvalue weighted by atomic mass is 15.0. The number of benzene rings is 6. The van der Waals surface area contributed by atoms with Crippen LogP contribution in [-0.2, 0) is 12.8 Å². The smallest absolute Gasteiger partial charge is 0.0963 e. The molecule has 6 aromatic carbocycles. The van der Waals surface area contributed by atoms with E-state index < -0.39 is 0 Å². The molecule has 0 aliphatic carbocycles. The van der Waals surface area contributed by atoms with Gasteiger partial charge in [-0.1, -0.05) is 129 Å². The molecule has 55 heavy (non-hydrogen) atoms. The van der Waals surface area contributed by atoms with Gasteiger partial charge >= 0.3 is 0 Å². The molecule has 0 unspecified atom stereocenters. The molecule has 10 rings (SSSR count). The second-order valence-electron chi connectivity index (χ2n) is 14.2. The summed E-state index contributed by atoms with van der Waals surface area (Å²) in [6, 6.07) is 61.2. The molecule has 10 aromatic rings. The van der Waals surface area contributed by atoms with Crippen LogP contribution in [0.15, 0.2) is 182 Å². The van der Waals surface area contributed by atoms with Gasteiger partial charge in [-0.2, -0.15) is 0 Å². The van der Waals surface area contributed by atoms with Gasteiger partial charge in [-0.25, -0.2) is 0 Å². The van der Waals surface area contributed by atoms with Crippen molar-refractivity contribution in [2.45, 2.75) is 33.1 Å². The predicted octanol–water partition coefficient (Wildman–Crippen LogP) is 12.9. The highest BCUT2D eigenvalue weighted by molar-refractivity contribution is 6.07. The minimum atomic E-state index is 0.890. The number of aromatic nitrogens is 4. The first-order chi connectivity index (χ1) is 27.2. The summed E-state index contributed by atoms with van der Waals surface area (Å²) in [5.41, 5.74) is 16.6. The average molecular weight is 711 g/mol. The molecule has 4 nitrogen and oxygen atoms in total. The summed E-state index contributed by atoms with van der Waals surface area (Å²) < 4.78 is 4.62. The number of rotatable bonds is 7. The van der Waals surface area contributed by atoms with Gasteiger partial charge in [0.2, 0.25) is 0 Å². The Morgan fingerprint density at radius 3 is 1.07 bits per heavy atom. The third-order valence-electron chi connectivity index (χ3n) is 10.3. The molecule has 0 bridgehead atoms. The molecule has 0 aliphatic rings. The summed E-state index contributed by atoms with van der Waals surface area (Å²) in [5.74, 6) is 0. The molecule has 0 saturated carbocycles. The Morgan fingerprint density at radius 1 is 0.364 bits per heavy atom. The number of fused-ring (bicyclic) bond motifs is 6. The molecule has 4 heterocycles. The van der Waals surface area contributed by atoms with Gasteiger partial charge in [0.25, 0.3) is 0 Å². The largest absolute Gasteiger partial charge is 0.308 e. The van der Waals surface area contributed by atoms with E-state index >= 15 is 0 Å². The fraction of sp³-hybridized carbons (Fsp3) is 0.0980. The fourth-order valence-corrected chi connectivity index (χ4v) is 7.75. The summed E-state index contributed by atoms with van der Waals surface area (Å²) >= 11 is 0. The Kier molecular flexibility index (Phi) is 9.23. The van der Waals surface area contributed by atoms with Crippen LogP contribution in [0.5, 0.6) is 0 Å². The maximum Gasteiger partial charge on any atom is 0.0963 e. The van der Waals surface area contributed by atoms with Crippen LogP contribution in [-0.4, -0.2) is 19.1 Å². The van der Waals surface area contributed by atoms with Crippen LogP contribution in [0.25, 0.3) is 66.4 Å². The number of hydrogen-bond donors (Lipinski definition) is 0. The number of nitrogens with zero attached hydrogens (tertiary/aromatic N) is 4. The minimum Gasteiger partial charge on any atom is -0.308 e. The van der Waals surface area contributed by atoms with Gasteiger partial charge in [-0.05, 0) is 107 Å². The van der Waals surface area contributed by atoms with Crippen LogP contribution in [0.1, 0.15) is 42.5 Å². The maximum atomic E-state index is 4.68. The normalized spacial score (nSPS) is 11.3. The van der Waals surface area contributed by atoms with Crippen LogP contribution < -0.4 is 0 Å². The molecule has 4 heteroatoms. The van der Waals surface area contributed by atoms with E-state index in [-0.39, 0.29) is 0 Å². The van der Waals surface area contributed by atoms with E-state index in [9.17, 15) is 0 Å². The van der Waals surface area contributed by atoms with Crippen molar-refractivity contribution in [1.82, 2.24) is 19.1 Å². The quantitative estimate of drug-likeness (QED) is 0.165. The van der Waals surface area contributed by atoms with E-state index in [4.69, 9.17) is 0 Å². The van der Waals surface area contributed by atoms with Crippen molar-refractivity contribution < 1.29 is 0 Å². The van der Waals surface area contributed by atoms with Crippen LogP contribution >= 0.6 is 0 Å². The van der Waals surface area contributed by atoms with Crippen molar-refractivity contribution in [3.05, 3.63) is 205 Å². The lowest BCUT2D eigenvalue weighted by molar-refractivity contribution is 1.09. The minimum absolute atomic E-state index is 0.890. The van der Waals surface area contributed by atoms with Crippen molar-refractivity contribution in [1.29, 1.82) is 0 Å². The summed E-state index contributed by atoms with van der Waals surface area (Å²) in [6.07, 6.45) is 6.77. The monoisotopic (exact) mass is 710 g/mol. The van der Waals surface area contributed by atoms with Crippen molar-refractivity contribution in [3.63, 3.8) is 0 Å². The van der Waals surface area contributed by atoms with E-state index in [1.165, 1.54) is 61.6 Å². The lowest BCUT2D eigenvalue weighted by Gasteiger charge is -2.10. The van der Waals surface area contributed by atoms with E-state index in [1.807, 2.05) is 24.5 Å². The van der Waals surface area contributed by atoms with Gasteiger partial charge in [0, 0.05) is 34.5 Å². The summed E-state index contributed by atoms with van der Waals surface area (Å²) in [7, 11) is 0. The summed E-state index contributed by atoms with van der Waals surface area (Å²) in [6.45, 7) is 4.25. The second kappa shape index (κ2) is 14.9. The molecule has 0 amide bonds. The zero-order valence-electron chi connectivity index (χ0n) is 31.2. The standard InChI is InChI=1S/C48H34N4.C3H8/c1-3-9-43-41(7-1)47-45(11-5-29-49-47)51(43)39-25-17-35(18-26-39)31-33-13-21-37(22-14-33)38-23-15-34(16-24-38)32-36-19-27-40(28-20-36)52-44-10-4-2-8-42(44)48-46(52)12-6-30-50-48;1-3-2/h1-30H,31-32H2;3H2,1-2H3. The molecule has 266 valence electrons. The Morgan fingerprint density at radius 2 is 0.691 bits per heavy atom. The Bertz CT molecular complexity index is 2570. The molecule has 0 atom stereocenters. The molecule has 4 aromatic heterocycles. The van der Waals surface area contributed by atoms with E-state index in [2.05, 4.69) is 191 Å². The zero-order valence-corrected chi connectivity index (χ0v) is 31.2. The van der Waals surface area contributed by atoms with Crippen molar-refractivity contribution in [2.24, 2.45) is 0 Å². The van der Waals surface area contributed by atoms with Gasteiger partial charge in [0.05, 0.1) is 33.1 Å². The molecule has 0 N–H and O–H groups in total. The predicted molar refractivity (Wildman–Crippen MR) is 231 cm³/mol. The molecular formula is C51H42N4. The van der Waals surface area contributed by atoms with Crippen LogP contribution in [0.2, 0.25) is 0 Å². The van der Waals surface area contributed by atoms with Gasteiger partial charge in [0.1, 0.15) is 0 Å². The summed E-state index contributed by atoms with van der Waals surface area (Å²) in [5, 5.41) is 2.36. The molecule has 0 radical (unpaired) electrons. The topological polar surface area (TPSA) is 35.6 Å². The van der Waals surface area contributed by atoms with Crippen molar-refractivity contribution in [3.8, 4) is 22.5 Å². The molecule has 0 saturated heterocycles. The number of para-hydroxylation sites is 2. The van der Waals surface area contributed by atoms with E-state index in [1.54, 1.807) is 0 Å². The Balaban J connectivity index is 0.00000128. The summed E-state index contributed by atoms with van der Waals surface area (Å²) in [4.78, 5) is 9.36. The Labute approximate surface area is 322 Å². The Hall–Kier alpha value is -6.78. The first-order valence-corrected chi connectivity index (χ1v) is 19.2. The number of hydrogen-bond acceptors (Lipinski definition) is 2. The van der Waals surface area contributed by atoms with Gasteiger partial charge in [-0.3, -0.25) is 9.97 Å². The fourth-order valence-electron chi connectivity index (χ4n) is 7.75. The van der Waals surface area contributed by atoms with Gasteiger partial charge in [-0.15, -0.1) is 0 Å². The number of pyridine rings is 2. The third kappa shape index (κ3) is 6.57. The maximum absolute atomic E-state index is 4.68. The van der Waals surface area contributed by atoms with Crippen molar-refractivity contribution >= 4 is 43.9 Å². The first-order valence-electron chi connectivity index (χ1n) is 19.2.